The lowest BCUT2D eigenvalue weighted by atomic mass is 10.1. The van der Waals surface area contributed by atoms with Crippen molar-refractivity contribution in [3.63, 3.8) is 0 Å². The normalized spacial score (nSPS) is 15.1. The van der Waals surface area contributed by atoms with E-state index < -0.39 is 18.0 Å². The third-order valence-electron chi connectivity index (χ3n) is 2.09. The number of aliphatic carboxylic acids is 2. The maximum atomic E-state index is 10.7. The zero-order chi connectivity index (χ0) is 14.3. The predicted octanol–water partition coefficient (Wildman–Crippen LogP) is 0.363. The molecule has 0 fully saturated rings. The third-order valence-corrected chi connectivity index (χ3v) is 3.45. The van der Waals surface area contributed by atoms with E-state index in [0.29, 0.717) is 6.54 Å². The smallest absolute Gasteiger partial charge is 0.321 e. The molecule has 0 amide bonds. The molecule has 0 saturated heterocycles. The van der Waals surface area contributed by atoms with E-state index in [0.717, 1.165) is 0 Å². The molecule has 0 spiro atoms. The van der Waals surface area contributed by atoms with Crippen LogP contribution >= 0.6 is 11.8 Å². The Balaban J connectivity index is 4.23. The van der Waals surface area contributed by atoms with Crippen molar-refractivity contribution in [1.82, 2.24) is 5.32 Å². The molecule has 7 heteroatoms. The summed E-state index contributed by atoms with van der Waals surface area (Å²) in [6, 6.07) is -0.957. The van der Waals surface area contributed by atoms with Gasteiger partial charge in [-0.05, 0) is 20.8 Å². The van der Waals surface area contributed by atoms with Gasteiger partial charge < -0.3 is 21.3 Å². The maximum absolute atomic E-state index is 10.7. The quantitative estimate of drug-likeness (QED) is 0.507. The topological polar surface area (TPSA) is 113 Å². The minimum atomic E-state index is -1.07. The Hall–Kier alpha value is -0.790. The van der Waals surface area contributed by atoms with E-state index in [1.165, 1.54) is 11.8 Å². The first-order valence-corrected chi connectivity index (χ1v) is 6.73. The van der Waals surface area contributed by atoms with Gasteiger partial charge in [0.25, 0.3) is 0 Å². The molecule has 0 aliphatic rings. The third kappa shape index (κ3) is 9.26. The van der Waals surface area contributed by atoms with Crippen LogP contribution in [0, 0.1) is 0 Å². The summed E-state index contributed by atoms with van der Waals surface area (Å²) >= 11 is 1.28. The molecule has 0 saturated carbocycles. The van der Waals surface area contributed by atoms with Crippen molar-refractivity contribution < 1.29 is 19.8 Å². The van der Waals surface area contributed by atoms with Crippen LogP contribution in [0.4, 0.5) is 0 Å². The number of hydrogen-bond donors (Lipinski definition) is 4. The highest BCUT2D eigenvalue weighted by atomic mass is 32.2. The molecule has 0 aliphatic heterocycles. The van der Waals surface area contributed by atoms with Crippen LogP contribution in [-0.2, 0) is 9.59 Å². The Morgan fingerprint density at radius 3 is 2.28 bits per heavy atom. The molecule has 0 heterocycles. The molecule has 18 heavy (non-hydrogen) atoms. The SMILES string of the molecule is CC(C)(C)NCC(CC(=O)O)SCC(N)C(=O)O. The Morgan fingerprint density at radius 1 is 1.33 bits per heavy atom. The van der Waals surface area contributed by atoms with E-state index in [1.807, 2.05) is 20.8 Å². The first-order chi connectivity index (χ1) is 8.11. The molecule has 0 rings (SSSR count). The van der Waals surface area contributed by atoms with Gasteiger partial charge in [0.1, 0.15) is 6.04 Å². The van der Waals surface area contributed by atoms with Crippen LogP contribution in [0.15, 0.2) is 0 Å². The van der Waals surface area contributed by atoms with Crippen LogP contribution in [0.5, 0.6) is 0 Å². The average molecular weight is 278 g/mol. The number of carbonyl (C=O) groups is 2. The lowest BCUT2D eigenvalue weighted by Crippen LogP contribution is -2.41. The van der Waals surface area contributed by atoms with Crippen molar-refractivity contribution >= 4 is 23.7 Å². The van der Waals surface area contributed by atoms with E-state index >= 15 is 0 Å². The van der Waals surface area contributed by atoms with Crippen molar-refractivity contribution in [2.75, 3.05) is 12.3 Å². The second kappa shape index (κ2) is 7.60. The highest BCUT2D eigenvalue weighted by Crippen LogP contribution is 2.16. The van der Waals surface area contributed by atoms with Crippen LogP contribution in [0.1, 0.15) is 27.2 Å². The van der Waals surface area contributed by atoms with E-state index in [2.05, 4.69) is 5.32 Å². The zero-order valence-electron chi connectivity index (χ0n) is 11.0. The van der Waals surface area contributed by atoms with E-state index in [4.69, 9.17) is 15.9 Å². The van der Waals surface area contributed by atoms with Gasteiger partial charge in [-0.3, -0.25) is 9.59 Å². The summed E-state index contributed by atoms with van der Waals surface area (Å²) in [6.45, 7) is 6.46. The van der Waals surface area contributed by atoms with Crippen molar-refractivity contribution in [2.45, 2.75) is 44.0 Å². The van der Waals surface area contributed by atoms with Gasteiger partial charge in [0.05, 0.1) is 6.42 Å². The van der Waals surface area contributed by atoms with Gasteiger partial charge in [0, 0.05) is 23.1 Å². The molecule has 0 bridgehead atoms. The standard InChI is InChI=1S/C11H22N2O4S/c1-11(2,3)13-5-7(4-9(14)15)18-6-8(12)10(16)17/h7-8,13H,4-6,12H2,1-3H3,(H,14,15)(H,16,17). The number of nitrogens with two attached hydrogens (primary N) is 1. The van der Waals surface area contributed by atoms with E-state index in [1.54, 1.807) is 0 Å². The molecule has 106 valence electrons. The van der Waals surface area contributed by atoms with Gasteiger partial charge in [0.2, 0.25) is 0 Å². The van der Waals surface area contributed by atoms with Gasteiger partial charge in [-0.2, -0.15) is 11.8 Å². The van der Waals surface area contributed by atoms with Crippen molar-refractivity contribution in [3.05, 3.63) is 0 Å². The van der Waals surface area contributed by atoms with Gasteiger partial charge in [-0.15, -0.1) is 0 Å². The summed E-state index contributed by atoms with van der Waals surface area (Å²) in [5.41, 5.74) is 5.28. The molecule has 5 N–H and O–H groups in total. The summed E-state index contributed by atoms with van der Waals surface area (Å²) in [5, 5.41) is 20.5. The monoisotopic (exact) mass is 278 g/mol. The van der Waals surface area contributed by atoms with Crippen LogP contribution in [0.25, 0.3) is 0 Å². The van der Waals surface area contributed by atoms with Crippen molar-refractivity contribution in [3.8, 4) is 0 Å². The minimum Gasteiger partial charge on any atom is -0.481 e. The molecular formula is C11H22N2O4S. The summed E-state index contributed by atoms with van der Waals surface area (Å²) in [4.78, 5) is 21.3. The summed E-state index contributed by atoms with van der Waals surface area (Å²) < 4.78 is 0. The van der Waals surface area contributed by atoms with Crippen LogP contribution < -0.4 is 11.1 Å². The molecule has 0 aromatic rings. The number of nitrogens with one attached hydrogen (secondary N) is 1. The maximum Gasteiger partial charge on any atom is 0.321 e. The number of thioether (sulfide) groups is 1. The largest absolute Gasteiger partial charge is 0.481 e. The van der Waals surface area contributed by atoms with Gasteiger partial charge in [-0.25, -0.2) is 0 Å². The second-order valence-corrected chi connectivity index (χ2v) is 6.46. The molecule has 2 atom stereocenters. The molecule has 6 nitrogen and oxygen atoms in total. The van der Waals surface area contributed by atoms with Gasteiger partial charge in [-0.1, -0.05) is 0 Å². The number of carboxylic acids is 2. The molecule has 0 aliphatic carbocycles. The fraction of sp³-hybridized carbons (Fsp3) is 0.818. The average Bonchev–Trinajstić information content (AvgIpc) is 2.19. The fourth-order valence-corrected chi connectivity index (χ4v) is 2.20. The van der Waals surface area contributed by atoms with E-state index in [9.17, 15) is 9.59 Å². The lowest BCUT2D eigenvalue weighted by Gasteiger charge is -2.24. The Labute approximate surface area is 111 Å². The van der Waals surface area contributed by atoms with Crippen LogP contribution in [0.3, 0.4) is 0 Å². The first kappa shape index (κ1) is 17.2. The Bertz CT molecular complexity index is 291. The molecule has 0 aromatic carbocycles. The fourth-order valence-electron chi connectivity index (χ4n) is 1.12. The van der Waals surface area contributed by atoms with Crippen LogP contribution in [-0.4, -0.2) is 51.3 Å². The highest BCUT2D eigenvalue weighted by Gasteiger charge is 2.20. The van der Waals surface area contributed by atoms with Crippen molar-refractivity contribution in [2.24, 2.45) is 5.73 Å². The summed E-state index contributed by atoms with van der Waals surface area (Å²) in [5.74, 6) is -1.76. The first-order valence-electron chi connectivity index (χ1n) is 5.68. The van der Waals surface area contributed by atoms with Gasteiger partial charge in [0.15, 0.2) is 0 Å². The molecular weight excluding hydrogens is 256 g/mol. The minimum absolute atomic E-state index is 0.0138. The zero-order valence-corrected chi connectivity index (χ0v) is 11.8. The Morgan fingerprint density at radius 2 is 1.89 bits per heavy atom. The molecule has 0 aromatic heterocycles. The Kier molecular flexibility index (Phi) is 7.27. The summed E-state index contributed by atoms with van der Waals surface area (Å²) in [6.07, 6.45) is -0.0138. The highest BCUT2D eigenvalue weighted by molar-refractivity contribution is 8.00. The summed E-state index contributed by atoms with van der Waals surface area (Å²) in [7, 11) is 0. The van der Waals surface area contributed by atoms with Gasteiger partial charge >= 0.3 is 11.9 Å². The molecule has 0 radical (unpaired) electrons. The number of rotatable bonds is 8. The number of hydrogen-bond acceptors (Lipinski definition) is 5. The number of carboxylic acid groups (broad SMARTS) is 2. The lowest BCUT2D eigenvalue weighted by molar-refractivity contribution is -0.138. The molecule has 2 unspecified atom stereocenters. The van der Waals surface area contributed by atoms with E-state index in [-0.39, 0.29) is 23.0 Å². The van der Waals surface area contributed by atoms with Crippen LogP contribution in [0.2, 0.25) is 0 Å². The second-order valence-electron chi connectivity index (χ2n) is 5.13. The predicted molar refractivity (Wildman–Crippen MR) is 71.9 cm³/mol. The van der Waals surface area contributed by atoms with Crippen molar-refractivity contribution in [1.29, 1.82) is 0 Å².